The molecule has 15 N–H and O–H groups in total. The van der Waals surface area contributed by atoms with Gasteiger partial charge in [0.25, 0.3) is 0 Å². The van der Waals surface area contributed by atoms with E-state index in [2.05, 4.69) is 15.3 Å². The van der Waals surface area contributed by atoms with Gasteiger partial charge in [0, 0.05) is 52.7 Å². The van der Waals surface area contributed by atoms with Gasteiger partial charge in [-0.25, -0.2) is 24.4 Å². The van der Waals surface area contributed by atoms with Crippen LogP contribution in [0.4, 0.5) is 4.79 Å². The van der Waals surface area contributed by atoms with E-state index in [1.807, 2.05) is 6.92 Å². The molecule has 2 aliphatic heterocycles. The molecule has 2 heterocycles. The van der Waals surface area contributed by atoms with Gasteiger partial charge >= 0.3 is 18.0 Å². The molecule has 0 fully saturated rings. The van der Waals surface area contributed by atoms with Crippen molar-refractivity contribution in [3.8, 4) is 0 Å². The van der Waals surface area contributed by atoms with Crippen LogP contribution in [0.2, 0.25) is 0 Å². The van der Waals surface area contributed by atoms with Gasteiger partial charge in [-0.05, 0) is 38.5 Å². The van der Waals surface area contributed by atoms with E-state index < -0.39 is 115 Å². The Morgan fingerprint density at radius 2 is 1.14 bits per heavy atom. The maximum absolute atomic E-state index is 13.5. The highest BCUT2D eigenvalue weighted by Gasteiger charge is 2.47. The lowest BCUT2D eigenvalue weighted by atomic mass is 9.87. The average molecular weight is 1150 g/mol. The predicted molar refractivity (Wildman–Crippen MR) is 284 cm³/mol. The van der Waals surface area contributed by atoms with Crippen molar-refractivity contribution < 1.29 is 102 Å². The van der Waals surface area contributed by atoms with Gasteiger partial charge in [-0.2, -0.15) is 0 Å². The van der Waals surface area contributed by atoms with Crippen LogP contribution in [-0.4, -0.2) is 281 Å². The Bertz CT molecular complexity index is 1960. The molecule has 0 aromatic heterocycles. The second kappa shape index (κ2) is 39.6. The van der Waals surface area contributed by atoms with Crippen molar-refractivity contribution in [3.05, 3.63) is 23.7 Å². The van der Waals surface area contributed by atoms with Crippen molar-refractivity contribution in [1.82, 2.24) is 20.0 Å². The maximum atomic E-state index is 13.5. The Morgan fingerprint density at radius 3 is 1.66 bits per heavy atom. The van der Waals surface area contributed by atoms with Crippen LogP contribution in [-0.2, 0) is 66.5 Å². The summed E-state index contributed by atoms with van der Waals surface area (Å²) >= 11 is 0. The standard InChI is InChI=1S/C49H88N10O21/c1-6-14-71-18-22-75-24-25-76-23-19-72-15-9-39(65)59(11-8-7-10-58(5)49(70)80-43(36(64)29-61)44-40(54-32(3)62)34(56-48(52)53)27-38(79-44)46(68)69)13-17-74-21-20-73-16-12-57(4)30-77-42(35(63)28-60)41-31(2)33(55-47(50)51)26-37(78-41)45(66)67/h26-27,31,33-36,40-44,60-61,63-64H,6-25,28-30H2,1-5H3,(H,54,62)(H,66,67)(H,68,69)(H4,50,51,55)(H4,52,53,56)/t31-,33+,34+,35-,36-,40-,41-,42-,43-,44-/m1/s1. The number of carbonyl (C=O) groups excluding carboxylic acids is 3. The first kappa shape index (κ1) is 70.4. The molecule has 0 aromatic rings. The predicted octanol–water partition coefficient (Wildman–Crippen LogP) is -3.93. The number of carboxylic acid groups (broad SMARTS) is 2. The summed E-state index contributed by atoms with van der Waals surface area (Å²) in [5, 5.41) is 63.2. The fourth-order valence-electron chi connectivity index (χ4n) is 7.93. The summed E-state index contributed by atoms with van der Waals surface area (Å²) in [6.07, 6.45) is -5.74. The second-order valence-corrected chi connectivity index (χ2v) is 18.6. The number of aliphatic hydroxyl groups is 4. The third kappa shape index (κ3) is 27.2. The van der Waals surface area contributed by atoms with Gasteiger partial charge in [-0.3, -0.25) is 14.5 Å². The lowest BCUT2D eigenvalue weighted by Crippen LogP contribution is -2.61. The number of rotatable bonds is 43. The summed E-state index contributed by atoms with van der Waals surface area (Å²) in [5.41, 5.74) is 22.3. The summed E-state index contributed by atoms with van der Waals surface area (Å²) < 4.78 is 56.4. The highest BCUT2D eigenvalue weighted by Crippen LogP contribution is 2.31. The van der Waals surface area contributed by atoms with Crippen LogP contribution in [0.25, 0.3) is 0 Å². The number of likely N-dealkylation sites (N-methyl/N-ethyl adjacent to an activating group) is 1. The number of carbonyl (C=O) groups is 5. The first-order valence-corrected chi connectivity index (χ1v) is 26.4. The van der Waals surface area contributed by atoms with Crippen molar-refractivity contribution >= 4 is 41.8 Å². The van der Waals surface area contributed by atoms with E-state index in [1.165, 1.54) is 18.0 Å². The Balaban J connectivity index is 1.97. The number of ether oxygens (including phenoxy) is 10. The van der Waals surface area contributed by atoms with Gasteiger partial charge in [-0.1, -0.05) is 13.8 Å². The summed E-state index contributed by atoms with van der Waals surface area (Å²) in [4.78, 5) is 75.6. The average Bonchev–Trinajstić information content (AvgIpc) is 3.40. The largest absolute Gasteiger partial charge is 0.480 e. The number of nitrogens with one attached hydrogen (secondary N) is 1. The van der Waals surface area contributed by atoms with Crippen LogP contribution in [0.5, 0.6) is 0 Å². The first-order chi connectivity index (χ1) is 38.1. The van der Waals surface area contributed by atoms with Crippen molar-refractivity contribution in [2.45, 2.75) is 101 Å². The van der Waals surface area contributed by atoms with E-state index in [1.54, 1.807) is 23.8 Å². The first-order valence-electron chi connectivity index (χ1n) is 26.4. The molecular formula is C49H88N10O21. The molecule has 10 atom stereocenters. The van der Waals surface area contributed by atoms with Gasteiger partial charge in [0.05, 0.1) is 117 Å². The van der Waals surface area contributed by atoms with E-state index in [9.17, 15) is 54.6 Å². The second-order valence-electron chi connectivity index (χ2n) is 18.6. The lowest BCUT2D eigenvalue weighted by molar-refractivity contribution is -0.165. The number of aliphatic carboxylic acids is 2. The van der Waals surface area contributed by atoms with Crippen molar-refractivity contribution in [3.63, 3.8) is 0 Å². The highest BCUT2D eigenvalue weighted by atomic mass is 16.6. The minimum Gasteiger partial charge on any atom is -0.480 e. The van der Waals surface area contributed by atoms with Crippen molar-refractivity contribution in [1.29, 1.82) is 0 Å². The number of guanidine groups is 2. The van der Waals surface area contributed by atoms with Gasteiger partial charge in [0.1, 0.15) is 24.4 Å². The molecular weight excluding hydrogens is 1060 g/mol. The maximum Gasteiger partial charge on any atom is 0.410 e. The molecule has 0 aromatic carbocycles. The molecule has 31 heteroatoms. The minimum absolute atomic E-state index is 0.0544. The summed E-state index contributed by atoms with van der Waals surface area (Å²) in [7, 11) is 3.13. The van der Waals surface area contributed by atoms with Gasteiger partial charge < -0.3 is 116 Å². The molecule has 0 radical (unpaired) electrons. The van der Waals surface area contributed by atoms with Crippen molar-refractivity contribution in [2.24, 2.45) is 38.8 Å². The Hall–Kier alpha value is -5.71. The molecule has 0 spiro atoms. The summed E-state index contributed by atoms with van der Waals surface area (Å²) in [6.45, 7) is 7.95. The van der Waals surface area contributed by atoms with Crippen LogP contribution in [0.1, 0.15) is 46.5 Å². The SMILES string of the molecule is CCCOCCOCCOCCOCCC(=O)N(CCCCN(C)C(=O)O[C@@H]([C@@H]1OC(C(=O)O)=C[C@H](N=C(N)N)[C@H]1NC(C)=O)[C@H](O)CO)CCOCCOCCN(C)CO[C@@H]([C@@H]1OC(C(=O)O)=C[C@H](N=C(N)N)[C@H]1C)[C@H](O)CO. The number of amides is 3. The Kier molecular flexibility index (Phi) is 34.9. The summed E-state index contributed by atoms with van der Waals surface area (Å²) in [6, 6.07) is -3.30. The van der Waals surface area contributed by atoms with E-state index in [-0.39, 0.29) is 84.3 Å². The number of carboxylic acids is 2. The number of nitrogens with zero attached hydrogens (tertiary/aromatic N) is 5. The minimum atomic E-state index is -1.81. The normalized spacial score (nSPS) is 20.4. The quantitative estimate of drug-likeness (QED) is 0.0120. The molecule has 0 saturated heterocycles. The highest BCUT2D eigenvalue weighted by molar-refractivity contribution is 5.86. The molecule has 3 amide bonds. The van der Waals surface area contributed by atoms with E-state index >= 15 is 0 Å². The molecule has 0 bridgehead atoms. The molecule has 80 heavy (non-hydrogen) atoms. The van der Waals surface area contributed by atoms with Gasteiger partial charge in [0.15, 0.2) is 24.1 Å². The van der Waals surface area contributed by atoms with Crippen molar-refractivity contribution in [2.75, 3.05) is 140 Å². The zero-order valence-corrected chi connectivity index (χ0v) is 46.5. The smallest absolute Gasteiger partial charge is 0.410 e. The zero-order chi connectivity index (χ0) is 59.6. The molecule has 0 aliphatic carbocycles. The third-order valence-corrected chi connectivity index (χ3v) is 12.1. The van der Waals surface area contributed by atoms with E-state index in [0.717, 1.165) is 19.4 Å². The van der Waals surface area contributed by atoms with E-state index in [4.69, 9.17) is 70.3 Å². The monoisotopic (exact) mass is 1150 g/mol. The van der Waals surface area contributed by atoms with Crippen LogP contribution in [0.3, 0.4) is 0 Å². The number of unbranched alkanes of at least 4 members (excludes halogenated alkanes) is 1. The Morgan fingerprint density at radius 1 is 0.662 bits per heavy atom. The zero-order valence-electron chi connectivity index (χ0n) is 46.5. The molecule has 31 nitrogen and oxygen atoms in total. The topological polar surface area (TPSA) is 450 Å². The van der Waals surface area contributed by atoms with Crippen LogP contribution >= 0.6 is 0 Å². The third-order valence-electron chi connectivity index (χ3n) is 12.1. The molecule has 2 rings (SSSR count). The van der Waals surface area contributed by atoms with Crippen LogP contribution < -0.4 is 28.3 Å². The van der Waals surface area contributed by atoms with E-state index in [0.29, 0.717) is 59.0 Å². The lowest BCUT2D eigenvalue weighted by Gasteiger charge is -2.40. The van der Waals surface area contributed by atoms with Gasteiger partial charge in [-0.15, -0.1) is 0 Å². The number of hydrogen-bond acceptors (Lipinski definition) is 22. The molecule has 460 valence electrons. The fourth-order valence-corrected chi connectivity index (χ4v) is 7.93. The molecule has 0 saturated carbocycles. The number of aliphatic imine (C=N–C) groups is 2. The van der Waals surface area contributed by atoms with Crippen LogP contribution in [0, 0.1) is 5.92 Å². The Labute approximate surface area is 466 Å². The number of hydrogen-bond donors (Lipinski definition) is 11. The fraction of sp³-hybridized carbons (Fsp3) is 0.776. The number of nitrogens with two attached hydrogens (primary N) is 4. The van der Waals surface area contributed by atoms with Crippen LogP contribution in [0.15, 0.2) is 33.7 Å². The summed E-state index contributed by atoms with van der Waals surface area (Å²) in [5.74, 6) is -6.14. The number of aliphatic hydroxyl groups excluding tert-OH is 4. The van der Waals surface area contributed by atoms with Gasteiger partial charge in [0.2, 0.25) is 23.3 Å². The molecule has 0 unspecified atom stereocenters. The molecule has 2 aliphatic rings.